The van der Waals surface area contributed by atoms with Crippen LogP contribution >= 0.6 is 0 Å². The molecule has 1 aromatic carbocycles. The van der Waals surface area contributed by atoms with Crippen LogP contribution in [0.1, 0.15) is 36.8 Å². The number of hydrogen-bond acceptors (Lipinski definition) is 3. The SMILES string of the molecule is CN=C(NCC(C)c1ccc(C)cc1)N1CCN(CC(=O)NC2CC2)CC1. The van der Waals surface area contributed by atoms with Gasteiger partial charge in [0.1, 0.15) is 0 Å². The molecule has 0 bridgehead atoms. The summed E-state index contributed by atoms with van der Waals surface area (Å²) in [5.41, 5.74) is 2.63. The van der Waals surface area contributed by atoms with Crippen LogP contribution in [-0.2, 0) is 4.79 Å². The molecule has 3 rings (SSSR count). The van der Waals surface area contributed by atoms with E-state index in [1.165, 1.54) is 11.1 Å². The summed E-state index contributed by atoms with van der Waals surface area (Å²) >= 11 is 0. The van der Waals surface area contributed by atoms with E-state index in [2.05, 4.69) is 63.5 Å². The quantitative estimate of drug-likeness (QED) is 0.589. The summed E-state index contributed by atoms with van der Waals surface area (Å²) in [7, 11) is 1.84. The van der Waals surface area contributed by atoms with Crippen LogP contribution in [0.25, 0.3) is 0 Å². The molecule has 6 heteroatoms. The predicted molar refractivity (Wildman–Crippen MR) is 110 cm³/mol. The lowest BCUT2D eigenvalue weighted by Crippen LogP contribution is -2.54. The molecule has 148 valence electrons. The first kappa shape index (κ1) is 19.7. The molecule has 1 unspecified atom stereocenters. The van der Waals surface area contributed by atoms with Crippen LogP contribution in [0, 0.1) is 6.92 Å². The minimum absolute atomic E-state index is 0.167. The van der Waals surface area contributed by atoms with Crippen LogP contribution < -0.4 is 10.6 Å². The van der Waals surface area contributed by atoms with Gasteiger partial charge in [-0.25, -0.2) is 0 Å². The molecule has 1 heterocycles. The third kappa shape index (κ3) is 5.96. The summed E-state index contributed by atoms with van der Waals surface area (Å²) in [4.78, 5) is 20.9. The molecule has 1 amide bonds. The van der Waals surface area contributed by atoms with E-state index >= 15 is 0 Å². The zero-order valence-corrected chi connectivity index (χ0v) is 16.9. The number of guanidine groups is 1. The Balaban J connectivity index is 1.41. The number of hydrogen-bond donors (Lipinski definition) is 2. The fraction of sp³-hybridized carbons (Fsp3) is 0.619. The number of nitrogens with one attached hydrogen (secondary N) is 2. The average Bonchev–Trinajstić information content (AvgIpc) is 3.47. The molecule has 1 aromatic rings. The number of carbonyl (C=O) groups excluding carboxylic acids is 1. The van der Waals surface area contributed by atoms with Crippen LogP contribution in [0.5, 0.6) is 0 Å². The van der Waals surface area contributed by atoms with Gasteiger partial charge in [0.2, 0.25) is 5.91 Å². The fourth-order valence-electron chi connectivity index (χ4n) is 3.41. The highest BCUT2D eigenvalue weighted by atomic mass is 16.2. The van der Waals surface area contributed by atoms with Gasteiger partial charge >= 0.3 is 0 Å². The lowest BCUT2D eigenvalue weighted by Gasteiger charge is -2.36. The van der Waals surface area contributed by atoms with Crippen molar-refractivity contribution in [1.29, 1.82) is 0 Å². The largest absolute Gasteiger partial charge is 0.356 e. The van der Waals surface area contributed by atoms with Crippen molar-refractivity contribution in [3.63, 3.8) is 0 Å². The highest BCUT2D eigenvalue weighted by molar-refractivity contribution is 5.80. The summed E-state index contributed by atoms with van der Waals surface area (Å²) in [6, 6.07) is 9.18. The third-order valence-corrected chi connectivity index (χ3v) is 5.41. The van der Waals surface area contributed by atoms with Crippen LogP contribution in [0.3, 0.4) is 0 Å². The number of carbonyl (C=O) groups is 1. The van der Waals surface area contributed by atoms with Crippen molar-refractivity contribution < 1.29 is 4.79 Å². The molecule has 1 aliphatic heterocycles. The molecule has 2 fully saturated rings. The van der Waals surface area contributed by atoms with Crippen molar-refractivity contribution >= 4 is 11.9 Å². The summed E-state index contributed by atoms with van der Waals surface area (Å²) in [6.07, 6.45) is 2.28. The van der Waals surface area contributed by atoms with E-state index in [0.29, 0.717) is 18.5 Å². The molecule has 6 nitrogen and oxygen atoms in total. The highest BCUT2D eigenvalue weighted by Crippen LogP contribution is 2.18. The second kappa shape index (κ2) is 9.22. The molecule has 1 saturated carbocycles. The smallest absolute Gasteiger partial charge is 0.234 e. The first-order valence-electron chi connectivity index (χ1n) is 10.1. The van der Waals surface area contributed by atoms with Gasteiger partial charge in [-0.05, 0) is 31.2 Å². The Kier molecular flexibility index (Phi) is 6.72. The number of rotatable bonds is 6. The molecule has 1 atom stereocenters. The van der Waals surface area contributed by atoms with Crippen molar-refractivity contribution in [3.8, 4) is 0 Å². The van der Waals surface area contributed by atoms with Crippen molar-refractivity contribution in [2.24, 2.45) is 4.99 Å². The zero-order chi connectivity index (χ0) is 19.2. The van der Waals surface area contributed by atoms with Crippen molar-refractivity contribution in [1.82, 2.24) is 20.4 Å². The number of aryl methyl sites for hydroxylation is 1. The predicted octanol–water partition coefficient (Wildman–Crippen LogP) is 1.57. The standard InChI is InChI=1S/C21H33N5O/c1-16-4-6-18(7-5-16)17(2)14-23-21(22-3)26-12-10-25(11-13-26)15-20(27)24-19-8-9-19/h4-7,17,19H,8-15H2,1-3H3,(H,22,23)(H,24,27). The number of benzene rings is 1. The van der Waals surface area contributed by atoms with E-state index in [4.69, 9.17) is 0 Å². The van der Waals surface area contributed by atoms with E-state index < -0.39 is 0 Å². The molecule has 27 heavy (non-hydrogen) atoms. The Labute approximate surface area is 163 Å². The average molecular weight is 372 g/mol. The van der Waals surface area contributed by atoms with Crippen LogP contribution in [0.15, 0.2) is 29.3 Å². The van der Waals surface area contributed by atoms with E-state index in [-0.39, 0.29) is 5.91 Å². The van der Waals surface area contributed by atoms with Gasteiger partial charge in [0.15, 0.2) is 5.96 Å². The summed E-state index contributed by atoms with van der Waals surface area (Å²) in [6.45, 7) is 9.31. The first-order valence-corrected chi connectivity index (χ1v) is 10.1. The number of nitrogens with zero attached hydrogens (tertiary/aromatic N) is 3. The topological polar surface area (TPSA) is 60.0 Å². The minimum atomic E-state index is 0.167. The van der Waals surface area contributed by atoms with Gasteiger partial charge in [-0.1, -0.05) is 36.8 Å². The van der Waals surface area contributed by atoms with Gasteiger partial charge < -0.3 is 15.5 Å². The monoisotopic (exact) mass is 371 g/mol. The molecule has 2 aliphatic rings. The Bertz CT molecular complexity index is 645. The molecule has 0 radical (unpaired) electrons. The van der Waals surface area contributed by atoms with Gasteiger partial charge in [0.25, 0.3) is 0 Å². The molecule has 0 aromatic heterocycles. The van der Waals surface area contributed by atoms with E-state index in [1.54, 1.807) is 0 Å². The van der Waals surface area contributed by atoms with E-state index in [0.717, 1.165) is 51.5 Å². The first-order chi connectivity index (χ1) is 13.0. The van der Waals surface area contributed by atoms with Gasteiger partial charge in [-0.2, -0.15) is 0 Å². The second-order valence-corrected chi connectivity index (χ2v) is 7.84. The van der Waals surface area contributed by atoms with Gasteiger partial charge in [0, 0.05) is 45.8 Å². The van der Waals surface area contributed by atoms with E-state index in [1.807, 2.05) is 7.05 Å². The van der Waals surface area contributed by atoms with Crippen LogP contribution in [0.4, 0.5) is 0 Å². The van der Waals surface area contributed by atoms with Crippen molar-refractivity contribution in [2.75, 3.05) is 46.3 Å². The molecule has 1 aliphatic carbocycles. The summed E-state index contributed by atoms with van der Waals surface area (Å²) in [5.74, 6) is 1.55. The molecule has 2 N–H and O–H groups in total. The Hall–Kier alpha value is -2.08. The maximum atomic E-state index is 12.0. The highest BCUT2D eigenvalue weighted by Gasteiger charge is 2.26. The van der Waals surface area contributed by atoms with Crippen LogP contribution in [0.2, 0.25) is 0 Å². The molecular weight excluding hydrogens is 338 g/mol. The minimum Gasteiger partial charge on any atom is -0.356 e. The zero-order valence-electron chi connectivity index (χ0n) is 16.9. The third-order valence-electron chi connectivity index (χ3n) is 5.41. The number of aliphatic imine (C=N–C) groups is 1. The lowest BCUT2D eigenvalue weighted by molar-refractivity contribution is -0.122. The molecule has 0 spiro atoms. The normalized spacial score (nSPS) is 19.7. The van der Waals surface area contributed by atoms with Gasteiger partial charge in [0.05, 0.1) is 6.54 Å². The van der Waals surface area contributed by atoms with Crippen molar-refractivity contribution in [3.05, 3.63) is 35.4 Å². The van der Waals surface area contributed by atoms with Gasteiger partial charge in [-0.3, -0.25) is 14.7 Å². The Morgan fingerprint density at radius 3 is 2.44 bits per heavy atom. The maximum absolute atomic E-state index is 12.0. The maximum Gasteiger partial charge on any atom is 0.234 e. The Morgan fingerprint density at radius 1 is 1.19 bits per heavy atom. The fourth-order valence-corrected chi connectivity index (χ4v) is 3.41. The van der Waals surface area contributed by atoms with Crippen LogP contribution in [-0.4, -0.2) is 74.0 Å². The second-order valence-electron chi connectivity index (χ2n) is 7.84. The molecule has 1 saturated heterocycles. The molecular formula is C21H33N5O. The summed E-state index contributed by atoms with van der Waals surface area (Å²) < 4.78 is 0. The van der Waals surface area contributed by atoms with Crippen molar-refractivity contribution in [2.45, 2.75) is 38.6 Å². The number of piperazine rings is 1. The van der Waals surface area contributed by atoms with E-state index in [9.17, 15) is 4.79 Å². The number of amides is 1. The van der Waals surface area contributed by atoms with Gasteiger partial charge in [-0.15, -0.1) is 0 Å². The lowest BCUT2D eigenvalue weighted by atomic mass is 10.0. The summed E-state index contributed by atoms with van der Waals surface area (Å²) in [5, 5.41) is 6.59. The Morgan fingerprint density at radius 2 is 1.85 bits per heavy atom.